The van der Waals surface area contributed by atoms with Gasteiger partial charge in [0.05, 0.1) is 17.1 Å². The Bertz CT molecular complexity index is 682. The second kappa shape index (κ2) is 4.14. The van der Waals surface area contributed by atoms with Crippen LogP contribution in [0.5, 0.6) is 0 Å². The Kier molecular flexibility index (Phi) is 2.59. The SMILES string of the molecule is Cc1nc2cc(N)ccc2n1C(C)c1cccs1. The summed E-state index contributed by atoms with van der Waals surface area (Å²) < 4.78 is 2.26. The van der Waals surface area contributed by atoms with Gasteiger partial charge in [0.1, 0.15) is 5.82 Å². The standard InChI is InChI=1S/C14H15N3S/c1-9(14-4-3-7-18-14)17-10(2)16-12-8-11(15)5-6-13(12)17/h3-9H,15H2,1-2H3. The molecule has 0 saturated heterocycles. The highest BCUT2D eigenvalue weighted by molar-refractivity contribution is 7.10. The monoisotopic (exact) mass is 257 g/mol. The Morgan fingerprint density at radius 1 is 1.33 bits per heavy atom. The van der Waals surface area contributed by atoms with Gasteiger partial charge in [-0.2, -0.15) is 0 Å². The van der Waals surface area contributed by atoms with Gasteiger partial charge in [0.2, 0.25) is 0 Å². The van der Waals surface area contributed by atoms with Crippen molar-refractivity contribution < 1.29 is 0 Å². The lowest BCUT2D eigenvalue weighted by atomic mass is 10.2. The summed E-state index contributed by atoms with van der Waals surface area (Å²) in [6.07, 6.45) is 0. The molecule has 0 radical (unpaired) electrons. The first kappa shape index (κ1) is 11.3. The predicted molar refractivity (Wildman–Crippen MR) is 77.0 cm³/mol. The molecule has 3 aromatic rings. The highest BCUT2D eigenvalue weighted by atomic mass is 32.1. The molecule has 2 N–H and O–H groups in total. The Hall–Kier alpha value is -1.81. The zero-order valence-corrected chi connectivity index (χ0v) is 11.2. The molecule has 2 aromatic heterocycles. The largest absolute Gasteiger partial charge is 0.399 e. The summed E-state index contributed by atoms with van der Waals surface area (Å²) in [5.41, 5.74) is 8.68. The second-order valence-electron chi connectivity index (χ2n) is 4.47. The minimum Gasteiger partial charge on any atom is -0.399 e. The molecule has 1 unspecified atom stereocenters. The van der Waals surface area contributed by atoms with Crippen LogP contribution in [-0.4, -0.2) is 9.55 Å². The molecule has 0 amide bonds. The number of fused-ring (bicyclic) bond motifs is 1. The maximum absolute atomic E-state index is 5.81. The number of nitrogen functional groups attached to an aromatic ring is 1. The van der Waals surface area contributed by atoms with Gasteiger partial charge in [-0.1, -0.05) is 6.07 Å². The van der Waals surface area contributed by atoms with Crippen molar-refractivity contribution in [2.45, 2.75) is 19.9 Å². The summed E-state index contributed by atoms with van der Waals surface area (Å²) in [7, 11) is 0. The number of rotatable bonds is 2. The summed E-state index contributed by atoms with van der Waals surface area (Å²) in [4.78, 5) is 5.93. The second-order valence-corrected chi connectivity index (χ2v) is 5.45. The van der Waals surface area contributed by atoms with Crippen LogP contribution in [0.4, 0.5) is 5.69 Å². The lowest BCUT2D eigenvalue weighted by Gasteiger charge is -2.14. The summed E-state index contributed by atoms with van der Waals surface area (Å²) in [6.45, 7) is 4.25. The molecule has 0 fully saturated rings. The molecule has 1 aromatic carbocycles. The van der Waals surface area contributed by atoms with Gasteiger partial charge in [0, 0.05) is 10.6 Å². The van der Waals surface area contributed by atoms with Crippen molar-refractivity contribution in [3.05, 3.63) is 46.4 Å². The van der Waals surface area contributed by atoms with Crippen LogP contribution < -0.4 is 5.73 Å². The van der Waals surface area contributed by atoms with Crippen molar-refractivity contribution in [2.75, 3.05) is 5.73 Å². The molecule has 1 atom stereocenters. The van der Waals surface area contributed by atoms with Gasteiger partial charge < -0.3 is 10.3 Å². The Balaban J connectivity index is 2.19. The van der Waals surface area contributed by atoms with Gasteiger partial charge in [0.15, 0.2) is 0 Å². The first-order valence-corrected chi connectivity index (χ1v) is 6.82. The number of hydrogen-bond donors (Lipinski definition) is 1. The van der Waals surface area contributed by atoms with E-state index in [1.165, 1.54) is 4.88 Å². The van der Waals surface area contributed by atoms with E-state index in [1.807, 2.05) is 19.1 Å². The number of hydrogen-bond acceptors (Lipinski definition) is 3. The number of imidazole rings is 1. The summed E-state index contributed by atoms with van der Waals surface area (Å²) >= 11 is 1.78. The smallest absolute Gasteiger partial charge is 0.107 e. The molecular weight excluding hydrogens is 242 g/mol. The lowest BCUT2D eigenvalue weighted by Crippen LogP contribution is -2.06. The fourth-order valence-electron chi connectivity index (χ4n) is 2.38. The number of nitrogens with zero attached hydrogens (tertiary/aromatic N) is 2. The van der Waals surface area contributed by atoms with Gasteiger partial charge in [-0.25, -0.2) is 4.98 Å². The van der Waals surface area contributed by atoms with Crippen molar-refractivity contribution in [1.29, 1.82) is 0 Å². The Morgan fingerprint density at radius 3 is 2.89 bits per heavy atom. The van der Waals surface area contributed by atoms with Crippen LogP contribution >= 0.6 is 11.3 Å². The summed E-state index contributed by atoms with van der Waals surface area (Å²) in [6, 6.07) is 10.5. The number of aryl methyl sites for hydroxylation is 1. The van der Waals surface area contributed by atoms with Crippen LogP contribution in [0.15, 0.2) is 35.7 Å². The lowest BCUT2D eigenvalue weighted by molar-refractivity contribution is 0.648. The molecule has 2 heterocycles. The number of thiophene rings is 1. The van der Waals surface area contributed by atoms with Crippen molar-refractivity contribution in [3.63, 3.8) is 0 Å². The van der Waals surface area contributed by atoms with E-state index < -0.39 is 0 Å². The van der Waals surface area contributed by atoms with E-state index in [0.717, 1.165) is 22.5 Å². The molecular formula is C14H15N3S. The molecule has 0 bridgehead atoms. The third-order valence-corrected chi connectivity index (χ3v) is 4.27. The van der Waals surface area contributed by atoms with Crippen molar-refractivity contribution >= 4 is 28.1 Å². The first-order valence-electron chi connectivity index (χ1n) is 5.94. The van der Waals surface area contributed by atoms with Crippen LogP contribution in [-0.2, 0) is 0 Å². The topological polar surface area (TPSA) is 43.8 Å². The van der Waals surface area contributed by atoms with E-state index in [2.05, 4.69) is 40.1 Å². The van der Waals surface area contributed by atoms with E-state index in [0.29, 0.717) is 6.04 Å². The van der Waals surface area contributed by atoms with E-state index in [9.17, 15) is 0 Å². The highest BCUT2D eigenvalue weighted by Gasteiger charge is 2.15. The molecule has 3 rings (SSSR count). The summed E-state index contributed by atoms with van der Waals surface area (Å²) in [5.74, 6) is 1.02. The number of aromatic nitrogens is 2. The maximum Gasteiger partial charge on any atom is 0.107 e. The van der Waals surface area contributed by atoms with Gasteiger partial charge in [-0.3, -0.25) is 0 Å². The molecule has 92 valence electrons. The molecule has 0 aliphatic carbocycles. The summed E-state index contributed by atoms with van der Waals surface area (Å²) in [5, 5.41) is 2.11. The van der Waals surface area contributed by atoms with Crippen LogP contribution in [0.25, 0.3) is 11.0 Å². The number of anilines is 1. The third-order valence-electron chi connectivity index (χ3n) is 3.23. The average Bonchev–Trinajstić information content (AvgIpc) is 2.94. The van der Waals surface area contributed by atoms with E-state index in [-0.39, 0.29) is 0 Å². The third kappa shape index (κ3) is 1.69. The van der Waals surface area contributed by atoms with Crippen molar-refractivity contribution in [1.82, 2.24) is 9.55 Å². The molecule has 0 saturated carbocycles. The first-order chi connectivity index (χ1) is 8.66. The van der Waals surface area contributed by atoms with Crippen LogP contribution in [0.3, 0.4) is 0 Å². The molecule has 18 heavy (non-hydrogen) atoms. The Labute approximate surface area is 110 Å². The van der Waals surface area contributed by atoms with Gasteiger partial charge >= 0.3 is 0 Å². The van der Waals surface area contributed by atoms with Gasteiger partial charge in [-0.15, -0.1) is 11.3 Å². The minimum atomic E-state index is 0.304. The average molecular weight is 257 g/mol. The molecule has 0 aliphatic rings. The van der Waals surface area contributed by atoms with E-state index >= 15 is 0 Å². The van der Waals surface area contributed by atoms with Crippen LogP contribution in [0.2, 0.25) is 0 Å². The molecule has 0 aliphatic heterocycles. The maximum atomic E-state index is 5.81. The fourth-order valence-corrected chi connectivity index (χ4v) is 3.16. The molecule has 4 heteroatoms. The molecule has 0 spiro atoms. The van der Waals surface area contributed by atoms with E-state index in [1.54, 1.807) is 11.3 Å². The number of nitrogens with two attached hydrogens (primary N) is 1. The van der Waals surface area contributed by atoms with Crippen LogP contribution in [0.1, 0.15) is 23.7 Å². The van der Waals surface area contributed by atoms with Gasteiger partial charge in [0.25, 0.3) is 0 Å². The minimum absolute atomic E-state index is 0.304. The van der Waals surface area contributed by atoms with Crippen LogP contribution in [0, 0.1) is 6.92 Å². The quantitative estimate of drug-likeness (QED) is 0.713. The van der Waals surface area contributed by atoms with E-state index in [4.69, 9.17) is 5.73 Å². The normalized spacial score (nSPS) is 13.0. The zero-order chi connectivity index (χ0) is 12.7. The predicted octanol–water partition coefficient (Wildman–Crippen LogP) is 3.60. The van der Waals surface area contributed by atoms with Gasteiger partial charge in [-0.05, 0) is 43.5 Å². The Morgan fingerprint density at radius 2 is 2.17 bits per heavy atom. The zero-order valence-electron chi connectivity index (χ0n) is 10.4. The van der Waals surface area contributed by atoms with Crippen molar-refractivity contribution in [2.24, 2.45) is 0 Å². The number of benzene rings is 1. The van der Waals surface area contributed by atoms with Crippen molar-refractivity contribution in [3.8, 4) is 0 Å². The fraction of sp³-hybridized carbons (Fsp3) is 0.214. The highest BCUT2D eigenvalue weighted by Crippen LogP contribution is 2.28. The molecule has 3 nitrogen and oxygen atoms in total.